The van der Waals surface area contributed by atoms with Crippen molar-refractivity contribution in [3.8, 4) is 17.0 Å². The van der Waals surface area contributed by atoms with Crippen LogP contribution in [0, 0.1) is 13.8 Å². The average Bonchev–Trinajstić information content (AvgIpc) is 3.46. The van der Waals surface area contributed by atoms with Crippen LogP contribution >= 0.6 is 11.3 Å². The van der Waals surface area contributed by atoms with Crippen molar-refractivity contribution in [1.29, 1.82) is 0 Å². The molecule has 1 aliphatic heterocycles. The van der Waals surface area contributed by atoms with Crippen molar-refractivity contribution in [3.63, 3.8) is 0 Å². The molecule has 0 radical (unpaired) electrons. The molecule has 2 amide bonds. The number of methoxy groups -OCH3 is 1. The van der Waals surface area contributed by atoms with Crippen LogP contribution in [-0.2, 0) is 17.6 Å². The number of ether oxygens (including phenoxy) is 1. The highest BCUT2D eigenvalue weighted by Crippen LogP contribution is 2.36. The highest BCUT2D eigenvalue weighted by Gasteiger charge is 2.27. The van der Waals surface area contributed by atoms with Gasteiger partial charge in [-0.15, -0.1) is 11.3 Å². The maximum absolute atomic E-state index is 13.2. The number of fused-ring (bicyclic) bond motifs is 1. The lowest BCUT2D eigenvalue weighted by Crippen LogP contribution is -2.29. The van der Waals surface area contributed by atoms with E-state index >= 15 is 0 Å². The van der Waals surface area contributed by atoms with Crippen LogP contribution in [0.3, 0.4) is 0 Å². The highest BCUT2D eigenvalue weighted by molar-refractivity contribution is 7.16. The van der Waals surface area contributed by atoms with Crippen LogP contribution in [-0.4, -0.2) is 30.5 Å². The number of anilines is 2. The zero-order valence-corrected chi connectivity index (χ0v) is 21.3. The molecule has 0 fully saturated rings. The molecule has 0 unspecified atom stereocenters. The number of carbonyl (C=O) groups is 2. The SMILES string of the molecule is COc1cccc(CC(=O)Nc2nc(-c3ccc4c(c3)CCN4C(=O)c3ccccc3C)c(C)s2)c1. The molecule has 36 heavy (non-hydrogen) atoms. The fraction of sp³-hybridized carbons (Fsp3) is 0.207. The zero-order chi connectivity index (χ0) is 25.2. The molecule has 3 aromatic carbocycles. The van der Waals surface area contributed by atoms with Gasteiger partial charge in [-0.1, -0.05) is 36.4 Å². The molecular weight excluding hydrogens is 470 g/mol. The minimum atomic E-state index is -0.122. The number of benzene rings is 3. The molecule has 2 heterocycles. The standard InChI is InChI=1S/C29H27N3O3S/c1-18-7-4-5-10-24(18)28(34)32-14-13-21-17-22(11-12-25(21)32)27-19(2)36-29(31-27)30-26(33)16-20-8-6-9-23(15-20)35-3/h4-12,15,17H,13-14,16H2,1-3H3,(H,30,31,33). The normalized spacial score (nSPS) is 12.4. The smallest absolute Gasteiger partial charge is 0.258 e. The van der Waals surface area contributed by atoms with Gasteiger partial charge in [0.15, 0.2) is 5.13 Å². The number of nitrogens with zero attached hydrogens (tertiary/aromatic N) is 2. The van der Waals surface area contributed by atoms with Gasteiger partial charge in [0.05, 0.1) is 19.2 Å². The number of thiazole rings is 1. The molecule has 0 saturated carbocycles. The second kappa shape index (κ2) is 9.95. The van der Waals surface area contributed by atoms with Gasteiger partial charge in [0.2, 0.25) is 5.91 Å². The number of carbonyl (C=O) groups excluding carboxylic acids is 2. The summed E-state index contributed by atoms with van der Waals surface area (Å²) >= 11 is 1.46. The van der Waals surface area contributed by atoms with E-state index in [0.29, 0.717) is 11.7 Å². The number of aryl methyl sites for hydroxylation is 2. The number of rotatable bonds is 6. The van der Waals surface area contributed by atoms with Crippen LogP contribution in [0.25, 0.3) is 11.3 Å². The Labute approximate surface area is 214 Å². The predicted octanol–water partition coefficient (Wildman–Crippen LogP) is 5.82. The van der Waals surface area contributed by atoms with Crippen LogP contribution in [0.4, 0.5) is 10.8 Å². The summed E-state index contributed by atoms with van der Waals surface area (Å²) < 4.78 is 5.24. The third-order valence-corrected chi connectivity index (χ3v) is 7.30. The molecule has 0 bridgehead atoms. The second-order valence-corrected chi connectivity index (χ2v) is 10.1. The van der Waals surface area contributed by atoms with Crippen molar-refractivity contribution < 1.29 is 14.3 Å². The monoisotopic (exact) mass is 497 g/mol. The van der Waals surface area contributed by atoms with E-state index in [1.54, 1.807) is 7.11 Å². The summed E-state index contributed by atoms with van der Waals surface area (Å²) in [5.74, 6) is 0.636. The second-order valence-electron chi connectivity index (χ2n) is 8.87. The van der Waals surface area contributed by atoms with Gasteiger partial charge in [0.25, 0.3) is 5.91 Å². The van der Waals surface area contributed by atoms with E-state index in [1.807, 2.05) is 79.4 Å². The lowest BCUT2D eigenvalue weighted by molar-refractivity contribution is -0.115. The first kappa shape index (κ1) is 23.8. The van der Waals surface area contributed by atoms with Gasteiger partial charge in [-0.3, -0.25) is 9.59 Å². The quantitative estimate of drug-likeness (QED) is 0.364. The first-order chi connectivity index (χ1) is 17.4. The summed E-state index contributed by atoms with van der Waals surface area (Å²) in [6.07, 6.45) is 1.04. The van der Waals surface area contributed by atoms with Crippen LogP contribution in [0.1, 0.15) is 31.9 Å². The van der Waals surface area contributed by atoms with Gasteiger partial charge in [0.1, 0.15) is 5.75 Å². The Balaban J connectivity index is 1.32. The van der Waals surface area contributed by atoms with Crippen LogP contribution in [0.5, 0.6) is 5.75 Å². The molecule has 5 rings (SSSR count). The molecule has 4 aromatic rings. The van der Waals surface area contributed by atoms with Crippen molar-refractivity contribution in [2.24, 2.45) is 0 Å². The molecule has 0 aliphatic carbocycles. The van der Waals surface area contributed by atoms with Gasteiger partial charge < -0.3 is 15.0 Å². The number of nitrogens with one attached hydrogen (secondary N) is 1. The van der Waals surface area contributed by atoms with Crippen molar-refractivity contribution in [3.05, 3.63) is 93.9 Å². The molecule has 7 heteroatoms. The molecule has 0 saturated heterocycles. The Morgan fingerprint density at radius 1 is 1.06 bits per heavy atom. The maximum atomic E-state index is 13.2. The van der Waals surface area contributed by atoms with E-state index in [-0.39, 0.29) is 18.2 Å². The summed E-state index contributed by atoms with van der Waals surface area (Å²) in [5, 5.41) is 3.51. The zero-order valence-electron chi connectivity index (χ0n) is 20.5. The number of hydrogen-bond donors (Lipinski definition) is 1. The van der Waals surface area contributed by atoms with Crippen molar-refractivity contribution >= 4 is 34.0 Å². The lowest BCUT2D eigenvalue weighted by Gasteiger charge is -2.18. The Morgan fingerprint density at radius 3 is 2.69 bits per heavy atom. The van der Waals surface area contributed by atoms with E-state index in [1.165, 1.54) is 11.3 Å². The summed E-state index contributed by atoms with van der Waals surface area (Å²) in [4.78, 5) is 33.4. The van der Waals surface area contributed by atoms with E-state index in [4.69, 9.17) is 9.72 Å². The van der Waals surface area contributed by atoms with E-state index < -0.39 is 0 Å². The number of amides is 2. The van der Waals surface area contributed by atoms with Crippen molar-refractivity contribution in [1.82, 2.24) is 4.98 Å². The minimum absolute atomic E-state index is 0.0328. The Hall–Kier alpha value is -3.97. The molecule has 1 N–H and O–H groups in total. The third kappa shape index (κ3) is 4.75. The van der Waals surface area contributed by atoms with E-state index in [2.05, 4.69) is 11.4 Å². The highest BCUT2D eigenvalue weighted by atomic mass is 32.1. The molecule has 182 valence electrons. The molecule has 1 aliphatic rings. The van der Waals surface area contributed by atoms with Gasteiger partial charge in [-0.2, -0.15) is 0 Å². The summed E-state index contributed by atoms with van der Waals surface area (Å²) in [7, 11) is 1.61. The van der Waals surface area contributed by atoms with Gasteiger partial charge in [-0.05, 0) is 67.3 Å². The summed E-state index contributed by atoms with van der Waals surface area (Å²) in [6, 6.07) is 21.3. The molecule has 0 atom stereocenters. The van der Waals surface area contributed by atoms with Crippen LogP contribution in [0.2, 0.25) is 0 Å². The van der Waals surface area contributed by atoms with Crippen LogP contribution < -0.4 is 15.0 Å². The topological polar surface area (TPSA) is 71.5 Å². The number of aromatic nitrogens is 1. The van der Waals surface area contributed by atoms with Crippen LogP contribution in [0.15, 0.2) is 66.7 Å². The lowest BCUT2D eigenvalue weighted by atomic mass is 10.0. The summed E-state index contributed by atoms with van der Waals surface area (Å²) in [5.41, 5.74) is 6.51. The Morgan fingerprint density at radius 2 is 1.89 bits per heavy atom. The largest absolute Gasteiger partial charge is 0.497 e. The Bertz CT molecular complexity index is 1460. The predicted molar refractivity (Wildman–Crippen MR) is 144 cm³/mol. The summed E-state index contributed by atoms with van der Waals surface area (Å²) in [6.45, 7) is 4.63. The van der Waals surface area contributed by atoms with Gasteiger partial charge in [-0.25, -0.2) is 4.98 Å². The van der Waals surface area contributed by atoms with E-state index in [9.17, 15) is 9.59 Å². The average molecular weight is 498 g/mol. The maximum Gasteiger partial charge on any atom is 0.258 e. The minimum Gasteiger partial charge on any atom is -0.497 e. The fourth-order valence-electron chi connectivity index (χ4n) is 4.57. The Kier molecular flexibility index (Phi) is 6.57. The molecule has 0 spiro atoms. The van der Waals surface area contributed by atoms with Gasteiger partial charge >= 0.3 is 0 Å². The first-order valence-electron chi connectivity index (χ1n) is 11.8. The number of hydrogen-bond acceptors (Lipinski definition) is 5. The van der Waals surface area contributed by atoms with Gasteiger partial charge in [0, 0.05) is 28.2 Å². The molecular formula is C29H27N3O3S. The first-order valence-corrected chi connectivity index (χ1v) is 12.7. The fourth-order valence-corrected chi connectivity index (χ4v) is 5.42. The third-order valence-electron chi connectivity index (χ3n) is 6.41. The van der Waals surface area contributed by atoms with E-state index in [0.717, 1.165) is 56.2 Å². The van der Waals surface area contributed by atoms with Crippen molar-refractivity contribution in [2.75, 3.05) is 23.9 Å². The molecule has 1 aromatic heterocycles. The molecule has 6 nitrogen and oxygen atoms in total. The van der Waals surface area contributed by atoms with Crippen molar-refractivity contribution in [2.45, 2.75) is 26.7 Å².